The van der Waals surface area contributed by atoms with Crippen LogP contribution >= 0.6 is 23.2 Å². The minimum Gasteiger partial charge on any atom is -0.521 e. The Morgan fingerprint density at radius 3 is 1.96 bits per heavy atom. The molecule has 5 nitrogen and oxygen atoms in total. The highest BCUT2D eigenvalue weighted by Gasteiger charge is 2.28. The molecule has 0 aliphatic carbocycles. The molecule has 26 heavy (non-hydrogen) atoms. The molecule has 1 aromatic heterocycles. The van der Waals surface area contributed by atoms with Gasteiger partial charge in [0.15, 0.2) is 0 Å². The predicted octanol–water partition coefficient (Wildman–Crippen LogP) is 2.76. The maximum atomic E-state index is 12.5. The van der Waals surface area contributed by atoms with Crippen LogP contribution in [0.5, 0.6) is 11.5 Å². The van der Waals surface area contributed by atoms with Gasteiger partial charge in [-0.15, -0.1) is 0 Å². The molecule has 8 heteroatoms. The molecule has 0 aliphatic heterocycles. The summed E-state index contributed by atoms with van der Waals surface area (Å²) in [6, 6.07) is 13.9. The van der Waals surface area contributed by atoms with Crippen molar-refractivity contribution in [2.75, 3.05) is 0 Å². The van der Waals surface area contributed by atoms with Crippen molar-refractivity contribution in [1.29, 1.82) is 0 Å². The number of nitrogens with zero attached hydrogens (tertiary/aromatic N) is 1. The number of carbonyl (C=O) groups is 1. The van der Waals surface area contributed by atoms with Gasteiger partial charge in [-0.2, -0.15) is 0 Å². The minimum absolute atomic E-state index is 0.0889. The number of halogens is 2. The van der Waals surface area contributed by atoms with E-state index in [0.29, 0.717) is 10.9 Å². The highest BCUT2D eigenvalue weighted by molar-refractivity contribution is 6.81. The smallest absolute Gasteiger partial charge is 0.430 e. The Bertz CT molecular complexity index is 902. The monoisotopic (exact) mass is 387 g/mol. The normalized spacial score (nSPS) is 10.4. The molecule has 2 N–H and O–H groups in total. The van der Waals surface area contributed by atoms with Crippen molar-refractivity contribution in [2.45, 2.75) is 0 Å². The van der Waals surface area contributed by atoms with E-state index in [9.17, 15) is 15.0 Å². The van der Waals surface area contributed by atoms with E-state index < -0.39 is 12.9 Å². The quantitative estimate of drug-likeness (QED) is 0.673. The van der Waals surface area contributed by atoms with Gasteiger partial charge in [-0.3, -0.25) is 0 Å². The fourth-order valence-corrected chi connectivity index (χ4v) is 2.73. The van der Waals surface area contributed by atoms with Crippen molar-refractivity contribution in [1.82, 2.24) is 4.98 Å². The second-order valence-electron chi connectivity index (χ2n) is 5.42. The van der Waals surface area contributed by atoms with Gasteiger partial charge in [-0.05, 0) is 47.3 Å². The largest absolute Gasteiger partial charge is 0.521 e. The zero-order chi connectivity index (χ0) is 18.7. The SMILES string of the molecule is O=C(OB(c1ccc(O)c(Cl)c1)c1ccc(O)c(Cl)c1)c1ccccn1. The van der Waals surface area contributed by atoms with E-state index in [1.54, 1.807) is 24.3 Å². The lowest BCUT2D eigenvalue weighted by Gasteiger charge is -2.16. The van der Waals surface area contributed by atoms with Gasteiger partial charge in [0.25, 0.3) is 0 Å². The summed E-state index contributed by atoms with van der Waals surface area (Å²) in [6.07, 6.45) is 1.49. The minimum atomic E-state index is -0.860. The average molecular weight is 388 g/mol. The van der Waals surface area contributed by atoms with Crippen molar-refractivity contribution >= 4 is 47.0 Å². The second kappa shape index (κ2) is 7.68. The third-order valence-corrected chi connectivity index (χ3v) is 4.25. The Morgan fingerprint density at radius 2 is 1.50 bits per heavy atom. The van der Waals surface area contributed by atoms with E-state index in [4.69, 9.17) is 27.9 Å². The number of pyridine rings is 1. The third kappa shape index (κ3) is 3.93. The molecule has 0 fully saturated rings. The van der Waals surface area contributed by atoms with Crippen molar-refractivity contribution in [3.63, 3.8) is 0 Å². The van der Waals surface area contributed by atoms with Gasteiger partial charge >= 0.3 is 12.9 Å². The topological polar surface area (TPSA) is 79.7 Å². The first-order chi connectivity index (χ1) is 12.5. The van der Waals surface area contributed by atoms with Crippen LogP contribution in [0.1, 0.15) is 10.5 Å². The Labute approximate surface area is 159 Å². The molecule has 0 radical (unpaired) electrons. The van der Waals surface area contributed by atoms with Gasteiger partial charge in [0.1, 0.15) is 17.2 Å². The lowest BCUT2D eigenvalue weighted by molar-refractivity contribution is 0.0732. The summed E-state index contributed by atoms with van der Waals surface area (Å²) < 4.78 is 5.62. The van der Waals surface area contributed by atoms with Crippen LogP contribution in [0.3, 0.4) is 0 Å². The van der Waals surface area contributed by atoms with E-state index >= 15 is 0 Å². The van der Waals surface area contributed by atoms with Crippen molar-refractivity contribution < 1.29 is 19.7 Å². The predicted molar refractivity (Wildman–Crippen MR) is 101 cm³/mol. The first-order valence-corrected chi connectivity index (χ1v) is 8.30. The molecule has 0 saturated heterocycles. The average Bonchev–Trinajstić information content (AvgIpc) is 2.65. The fourth-order valence-electron chi connectivity index (χ4n) is 2.35. The van der Waals surface area contributed by atoms with E-state index in [2.05, 4.69) is 4.98 Å². The van der Waals surface area contributed by atoms with Crippen molar-refractivity contribution in [2.24, 2.45) is 0 Å². The van der Waals surface area contributed by atoms with Crippen LogP contribution in [0.2, 0.25) is 10.0 Å². The fraction of sp³-hybridized carbons (Fsp3) is 0. The molecule has 0 unspecified atom stereocenters. The molecule has 1 heterocycles. The number of hydrogen-bond donors (Lipinski definition) is 2. The van der Waals surface area contributed by atoms with Gasteiger partial charge < -0.3 is 14.9 Å². The molecule has 2 aromatic carbocycles. The number of rotatable bonds is 4. The Kier molecular flexibility index (Phi) is 5.35. The van der Waals surface area contributed by atoms with Crippen LogP contribution in [-0.4, -0.2) is 28.1 Å². The van der Waals surface area contributed by atoms with Gasteiger partial charge in [-0.25, -0.2) is 9.78 Å². The van der Waals surface area contributed by atoms with Gasteiger partial charge in [-0.1, -0.05) is 41.4 Å². The zero-order valence-electron chi connectivity index (χ0n) is 13.3. The summed E-state index contributed by atoms with van der Waals surface area (Å²) >= 11 is 12.0. The molecule has 0 bridgehead atoms. The Balaban J connectivity index is 2.02. The maximum Gasteiger partial charge on any atom is 0.430 e. The van der Waals surface area contributed by atoms with Crippen molar-refractivity contribution in [3.05, 3.63) is 76.5 Å². The first-order valence-electron chi connectivity index (χ1n) is 7.54. The van der Waals surface area contributed by atoms with Gasteiger partial charge in [0.05, 0.1) is 10.0 Å². The van der Waals surface area contributed by atoms with Crippen LogP contribution in [0, 0.1) is 0 Å². The van der Waals surface area contributed by atoms with E-state index in [-0.39, 0.29) is 27.2 Å². The summed E-state index contributed by atoms with van der Waals surface area (Å²) in [5, 5.41) is 19.5. The van der Waals surface area contributed by atoms with Crippen LogP contribution < -0.4 is 10.9 Å². The number of aromatic nitrogens is 1. The van der Waals surface area contributed by atoms with Crippen LogP contribution in [0.25, 0.3) is 0 Å². The maximum absolute atomic E-state index is 12.5. The van der Waals surface area contributed by atoms with Gasteiger partial charge in [0.2, 0.25) is 0 Å². The summed E-state index contributed by atoms with van der Waals surface area (Å²) in [5.74, 6) is -0.813. The molecule has 130 valence electrons. The van der Waals surface area contributed by atoms with Crippen LogP contribution in [-0.2, 0) is 4.65 Å². The Hall–Kier alpha value is -2.70. The van der Waals surface area contributed by atoms with Crippen LogP contribution in [0.15, 0.2) is 60.8 Å². The highest BCUT2D eigenvalue weighted by atomic mass is 35.5. The standard InChI is InChI=1S/C18H12BCl2NO4/c20-13-9-11(4-6-16(13)23)19(12-5-7-17(24)14(21)10-12)26-18(25)15-3-1-2-8-22-15/h1-10,23-24H. The molecule has 3 aromatic rings. The molecule has 3 rings (SSSR count). The molecule has 0 saturated carbocycles. The zero-order valence-corrected chi connectivity index (χ0v) is 14.8. The number of phenolic OH excluding ortho intramolecular Hbond substituents is 2. The van der Waals surface area contributed by atoms with E-state index in [0.717, 1.165) is 0 Å². The molecule has 0 atom stereocenters. The second-order valence-corrected chi connectivity index (χ2v) is 6.24. The molecular weight excluding hydrogens is 376 g/mol. The number of carbonyl (C=O) groups excluding carboxylic acids is 1. The molecule has 0 spiro atoms. The third-order valence-electron chi connectivity index (χ3n) is 3.65. The summed E-state index contributed by atoms with van der Waals surface area (Å²) in [4.78, 5) is 16.4. The highest BCUT2D eigenvalue weighted by Crippen LogP contribution is 2.22. The number of aromatic hydroxyl groups is 2. The first kappa shape index (κ1) is 18.1. The summed E-state index contributed by atoms with van der Waals surface area (Å²) in [6.45, 7) is -0.860. The molecular formula is C18H12BCl2NO4. The molecule has 0 amide bonds. The van der Waals surface area contributed by atoms with Gasteiger partial charge in [0, 0.05) is 6.20 Å². The summed E-state index contributed by atoms with van der Waals surface area (Å²) in [5.41, 5.74) is 1.20. The molecule has 0 aliphatic rings. The van der Waals surface area contributed by atoms with E-state index in [1.807, 2.05) is 0 Å². The lowest BCUT2D eigenvalue weighted by Crippen LogP contribution is -2.46. The van der Waals surface area contributed by atoms with Crippen molar-refractivity contribution in [3.8, 4) is 11.5 Å². The number of hydrogen-bond acceptors (Lipinski definition) is 5. The Morgan fingerprint density at radius 1 is 0.923 bits per heavy atom. The summed E-state index contributed by atoms with van der Waals surface area (Å²) in [7, 11) is 0. The van der Waals surface area contributed by atoms with E-state index in [1.165, 1.54) is 36.5 Å². The number of phenols is 2. The lowest BCUT2D eigenvalue weighted by atomic mass is 9.55. The number of benzene rings is 2. The van der Waals surface area contributed by atoms with Crippen LogP contribution in [0.4, 0.5) is 0 Å².